The largest absolute Gasteiger partial charge is 0.466 e. The number of carbonyl (C=O) groups is 3. The molecule has 0 fully saturated rings. The molecule has 0 saturated heterocycles. The predicted molar refractivity (Wildman–Crippen MR) is 94.2 cm³/mol. The van der Waals surface area contributed by atoms with Gasteiger partial charge in [-0.1, -0.05) is 0 Å². The number of carbonyl (C=O) groups excluding carboxylic acids is 3. The third-order valence-electron chi connectivity index (χ3n) is 2.14. The van der Waals surface area contributed by atoms with Crippen LogP contribution in [0.3, 0.4) is 0 Å². The van der Waals surface area contributed by atoms with E-state index < -0.39 is 36.4 Å². The van der Waals surface area contributed by atoms with Crippen LogP contribution in [0.5, 0.6) is 0 Å². The molecule has 0 aromatic rings. The molecule has 0 heterocycles. The van der Waals surface area contributed by atoms with E-state index >= 15 is 0 Å². The molecule has 0 saturated carbocycles. The molecule has 0 amide bonds. The highest BCUT2D eigenvalue weighted by Crippen LogP contribution is 2.19. The minimum absolute atomic E-state index is 0.0206. The molecule has 0 rings (SSSR count). The predicted octanol–water partition coefficient (Wildman–Crippen LogP) is 0.573. The van der Waals surface area contributed by atoms with Crippen LogP contribution < -0.4 is 0 Å². The SMILES string of the molecule is CC(C)O.CCO.CCOC(=O)CC(O)(CC(=O)OCC)C(=O)OCC. The second-order valence-electron chi connectivity index (χ2n) is 5.13. The number of aliphatic hydroxyl groups excluding tert-OH is 2. The van der Waals surface area contributed by atoms with Crippen molar-refractivity contribution >= 4 is 17.9 Å². The van der Waals surface area contributed by atoms with Crippen LogP contribution in [0.1, 0.15) is 54.4 Å². The smallest absolute Gasteiger partial charge is 0.339 e. The van der Waals surface area contributed by atoms with E-state index in [1.165, 1.54) is 0 Å². The highest BCUT2D eigenvalue weighted by Gasteiger charge is 2.43. The minimum Gasteiger partial charge on any atom is -0.466 e. The Morgan fingerprint density at radius 2 is 1.12 bits per heavy atom. The zero-order chi connectivity index (χ0) is 21.2. The summed E-state index contributed by atoms with van der Waals surface area (Å²) < 4.78 is 14.0. The molecule has 0 radical (unpaired) electrons. The fraction of sp³-hybridized carbons (Fsp3) is 0.824. The maximum absolute atomic E-state index is 11.7. The average Bonchev–Trinajstić information content (AvgIpc) is 2.47. The zero-order valence-corrected chi connectivity index (χ0v) is 16.6. The molecular weight excluding hydrogens is 348 g/mol. The lowest BCUT2D eigenvalue weighted by molar-refractivity contribution is -0.177. The summed E-state index contributed by atoms with van der Waals surface area (Å²) in [5.41, 5.74) is -2.26. The zero-order valence-electron chi connectivity index (χ0n) is 16.6. The summed E-state index contributed by atoms with van der Waals surface area (Å²) >= 11 is 0. The highest BCUT2D eigenvalue weighted by molar-refractivity contribution is 5.90. The second-order valence-corrected chi connectivity index (χ2v) is 5.13. The van der Waals surface area contributed by atoms with Gasteiger partial charge in [0.25, 0.3) is 0 Å². The summed E-state index contributed by atoms with van der Waals surface area (Å²) in [5.74, 6) is -2.62. The van der Waals surface area contributed by atoms with E-state index in [0.717, 1.165) is 0 Å². The molecule has 156 valence electrons. The molecule has 0 unspecified atom stereocenters. The van der Waals surface area contributed by atoms with Crippen molar-refractivity contribution in [2.75, 3.05) is 26.4 Å². The first kappa shape index (κ1) is 29.1. The Morgan fingerprint density at radius 1 is 0.846 bits per heavy atom. The lowest BCUT2D eigenvalue weighted by Crippen LogP contribution is -2.44. The van der Waals surface area contributed by atoms with Crippen molar-refractivity contribution in [1.82, 2.24) is 0 Å². The first-order valence-corrected chi connectivity index (χ1v) is 8.54. The van der Waals surface area contributed by atoms with Gasteiger partial charge in [-0.2, -0.15) is 0 Å². The molecule has 0 atom stereocenters. The van der Waals surface area contributed by atoms with E-state index in [-0.39, 0.29) is 32.5 Å². The van der Waals surface area contributed by atoms with Gasteiger partial charge in [-0.3, -0.25) is 9.59 Å². The number of hydrogen-bond donors (Lipinski definition) is 3. The van der Waals surface area contributed by atoms with E-state index in [2.05, 4.69) is 14.2 Å². The Kier molecular flexibility index (Phi) is 20.2. The fourth-order valence-electron chi connectivity index (χ4n) is 1.37. The first-order valence-electron chi connectivity index (χ1n) is 8.54. The maximum Gasteiger partial charge on any atom is 0.339 e. The maximum atomic E-state index is 11.7. The van der Waals surface area contributed by atoms with Crippen molar-refractivity contribution in [3.05, 3.63) is 0 Å². The first-order chi connectivity index (χ1) is 12.0. The molecule has 0 aromatic heterocycles. The van der Waals surface area contributed by atoms with Gasteiger partial charge < -0.3 is 29.5 Å². The molecular formula is C17H34O9. The van der Waals surface area contributed by atoms with Gasteiger partial charge in [-0.05, 0) is 41.5 Å². The lowest BCUT2D eigenvalue weighted by Gasteiger charge is -2.23. The Hall–Kier alpha value is -1.71. The van der Waals surface area contributed by atoms with Crippen molar-refractivity contribution in [2.24, 2.45) is 0 Å². The van der Waals surface area contributed by atoms with Gasteiger partial charge in [0.2, 0.25) is 0 Å². The monoisotopic (exact) mass is 382 g/mol. The molecule has 26 heavy (non-hydrogen) atoms. The number of hydrogen-bond acceptors (Lipinski definition) is 9. The number of ether oxygens (including phenoxy) is 3. The topological polar surface area (TPSA) is 140 Å². The van der Waals surface area contributed by atoms with E-state index in [4.69, 9.17) is 10.2 Å². The third-order valence-corrected chi connectivity index (χ3v) is 2.14. The Bertz CT molecular complexity index is 358. The second kappa shape index (κ2) is 18.1. The summed E-state index contributed by atoms with van der Waals surface area (Å²) in [5, 5.41) is 25.8. The third kappa shape index (κ3) is 18.6. The van der Waals surface area contributed by atoms with Crippen LogP contribution in [-0.4, -0.2) is 71.4 Å². The molecule has 0 bridgehead atoms. The highest BCUT2D eigenvalue weighted by atomic mass is 16.6. The van der Waals surface area contributed by atoms with Gasteiger partial charge in [0, 0.05) is 12.7 Å². The molecule has 9 heteroatoms. The van der Waals surface area contributed by atoms with Crippen LogP contribution in [0.4, 0.5) is 0 Å². The van der Waals surface area contributed by atoms with E-state index in [1.807, 2.05) is 0 Å². The molecule has 3 N–H and O–H groups in total. The van der Waals surface area contributed by atoms with Crippen LogP contribution in [0.2, 0.25) is 0 Å². The summed E-state index contributed by atoms with van der Waals surface area (Å²) in [6.07, 6.45) is -1.48. The van der Waals surface area contributed by atoms with E-state index in [9.17, 15) is 19.5 Å². The van der Waals surface area contributed by atoms with Gasteiger partial charge in [-0.25, -0.2) is 4.79 Å². The van der Waals surface area contributed by atoms with Crippen molar-refractivity contribution in [1.29, 1.82) is 0 Å². The van der Waals surface area contributed by atoms with Gasteiger partial charge in [-0.15, -0.1) is 0 Å². The summed E-state index contributed by atoms with van der Waals surface area (Å²) in [6, 6.07) is 0. The number of aliphatic hydroxyl groups is 3. The lowest BCUT2D eigenvalue weighted by atomic mass is 9.95. The molecule has 9 nitrogen and oxygen atoms in total. The quantitative estimate of drug-likeness (QED) is 0.406. The molecule has 0 aliphatic heterocycles. The van der Waals surface area contributed by atoms with Gasteiger partial charge in [0.05, 0.1) is 32.7 Å². The van der Waals surface area contributed by atoms with Gasteiger partial charge in [0.15, 0.2) is 5.60 Å². The fourth-order valence-corrected chi connectivity index (χ4v) is 1.37. The normalized spacial score (nSPS) is 9.92. The molecule has 0 aliphatic carbocycles. The van der Waals surface area contributed by atoms with Crippen LogP contribution in [-0.2, 0) is 28.6 Å². The van der Waals surface area contributed by atoms with E-state index in [1.54, 1.807) is 41.5 Å². The number of rotatable bonds is 8. The standard InChI is InChI=1S/C12H20O7.C3H8O.C2H6O/c1-4-17-9(13)7-12(16,11(15)19-6-3)8-10(14)18-5-2;1-3(2)4;1-2-3/h16H,4-8H2,1-3H3;3-4H,1-2H3;3H,2H2,1H3. The van der Waals surface area contributed by atoms with Gasteiger partial charge in [0.1, 0.15) is 0 Å². The summed E-state index contributed by atoms with van der Waals surface area (Å²) in [4.78, 5) is 34.4. The van der Waals surface area contributed by atoms with Crippen molar-refractivity contribution in [2.45, 2.75) is 66.1 Å². The Labute approximate surface area is 155 Å². The van der Waals surface area contributed by atoms with Crippen molar-refractivity contribution in [3.63, 3.8) is 0 Å². The van der Waals surface area contributed by atoms with Gasteiger partial charge >= 0.3 is 17.9 Å². The average molecular weight is 382 g/mol. The summed E-state index contributed by atoms with van der Waals surface area (Å²) in [6.45, 7) is 10.3. The van der Waals surface area contributed by atoms with Crippen LogP contribution in [0.15, 0.2) is 0 Å². The summed E-state index contributed by atoms with van der Waals surface area (Å²) in [7, 11) is 0. The van der Waals surface area contributed by atoms with Crippen LogP contribution in [0.25, 0.3) is 0 Å². The van der Waals surface area contributed by atoms with E-state index in [0.29, 0.717) is 0 Å². The minimum atomic E-state index is -2.26. The van der Waals surface area contributed by atoms with Crippen LogP contribution in [0, 0.1) is 0 Å². The Balaban J connectivity index is -0.000000643. The van der Waals surface area contributed by atoms with Crippen LogP contribution >= 0.6 is 0 Å². The molecule has 0 aromatic carbocycles. The molecule has 0 aliphatic rings. The van der Waals surface area contributed by atoms with Crippen molar-refractivity contribution in [3.8, 4) is 0 Å². The number of esters is 3. The van der Waals surface area contributed by atoms with Crippen molar-refractivity contribution < 1.29 is 43.9 Å². The molecule has 0 spiro atoms. The Morgan fingerprint density at radius 3 is 1.35 bits per heavy atom.